The summed E-state index contributed by atoms with van der Waals surface area (Å²) in [4.78, 5) is 9.86. The second kappa shape index (κ2) is 4.93. The van der Waals surface area contributed by atoms with E-state index in [0.29, 0.717) is 23.3 Å². The van der Waals surface area contributed by atoms with Crippen molar-refractivity contribution in [3.05, 3.63) is 17.0 Å². The molecule has 104 valence electrons. The molecule has 0 saturated heterocycles. The average molecular weight is 304 g/mol. The second-order valence-electron chi connectivity index (χ2n) is 4.37. The van der Waals surface area contributed by atoms with E-state index in [2.05, 4.69) is 15.1 Å². The van der Waals surface area contributed by atoms with Crippen LogP contribution in [0.15, 0.2) is 6.33 Å². The summed E-state index contributed by atoms with van der Waals surface area (Å²) in [6.45, 7) is 2.15. The monoisotopic (exact) mass is 303 g/mol. The number of rotatable bonds is 4. The van der Waals surface area contributed by atoms with Crippen molar-refractivity contribution in [2.75, 3.05) is 30.5 Å². The first-order valence-electron chi connectivity index (χ1n) is 5.54. The molecule has 0 aliphatic rings. The molecule has 0 unspecified atom stereocenters. The van der Waals surface area contributed by atoms with Gasteiger partial charge in [-0.25, -0.2) is 8.42 Å². The topological polar surface area (TPSA) is 80.5 Å². The minimum Gasteiger partial charge on any atom is -0.358 e. The van der Waals surface area contributed by atoms with Gasteiger partial charge in [0.15, 0.2) is 0 Å². The molecule has 0 saturated carbocycles. The molecule has 0 amide bonds. The van der Waals surface area contributed by atoms with Gasteiger partial charge >= 0.3 is 0 Å². The Balaban J connectivity index is 2.43. The van der Waals surface area contributed by atoms with E-state index in [1.807, 2.05) is 6.92 Å². The van der Waals surface area contributed by atoms with Crippen LogP contribution in [-0.4, -0.2) is 53.6 Å². The van der Waals surface area contributed by atoms with Crippen LogP contribution in [0.4, 0.5) is 5.82 Å². The third-order valence-corrected chi connectivity index (χ3v) is 4.02. The zero-order chi connectivity index (χ0) is 14.2. The lowest BCUT2D eigenvalue weighted by Crippen LogP contribution is -2.27. The summed E-state index contributed by atoms with van der Waals surface area (Å²) in [7, 11) is -1.24. The quantitative estimate of drug-likeness (QED) is 0.768. The third kappa shape index (κ3) is 2.95. The molecule has 2 heterocycles. The van der Waals surface area contributed by atoms with Crippen LogP contribution >= 0.6 is 11.6 Å². The highest BCUT2D eigenvalue weighted by Gasteiger charge is 2.16. The van der Waals surface area contributed by atoms with Gasteiger partial charge in [0.05, 0.1) is 5.75 Å². The number of anilines is 1. The maximum absolute atomic E-state index is 11.2. The lowest BCUT2D eigenvalue weighted by atomic mass is 10.3. The van der Waals surface area contributed by atoms with E-state index in [4.69, 9.17) is 11.6 Å². The fraction of sp³-hybridized carbons (Fsp3) is 0.500. The molecule has 0 aliphatic carbocycles. The summed E-state index contributed by atoms with van der Waals surface area (Å²) in [6, 6.07) is 0. The van der Waals surface area contributed by atoms with Gasteiger partial charge < -0.3 is 4.90 Å². The lowest BCUT2D eigenvalue weighted by Gasteiger charge is -2.21. The van der Waals surface area contributed by atoms with Crippen molar-refractivity contribution < 1.29 is 8.42 Å². The molecule has 0 aromatic carbocycles. The molecule has 0 fully saturated rings. The Hall–Kier alpha value is -1.41. The van der Waals surface area contributed by atoms with Crippen LogP contribution in [0.3, 0.4) is 0 Å². The number of hydrogen-bond donors (Lipinski definition) is 0. The standard InChI is InChI=1S/C10H14ClN5O2S/c1-7-8(11)14-10-12-6-13-16(10)9(7)15(2)4-5-19(3,17)18/h6H,4-5H2,1-3H3. The molecule has 2 rings (SSSR count). The summed E-state index contributed by atoms with van der Waals surface area (Å²) < 4.78 is 24.0. The highest BCUT2D eigenvalue weighted by atomic mass is 35.5. The fourth-order valence-electron chi connectivity index (χ4n) is 1.74. The molecule has 0 atom stereocenters. The fourth-order valence-corrected chi connectivity index (χ4v) is 2.51. The van der Waals surface area contributed by atoms with Crippen LogP contribution < -0.4 is 4.90 Å². The Kier molecular flexibility index (Phi) is 3.64. The second-order valence-corrected chi connectivity index (χ2v) is 6.99. The zero-order valence-electron chi connectivity index (χ0n) is 10.8. The molecule has 0 radical (unpaired) electrons. The Morgan fingerprint density at radius 2 is 2.16 bits per heavy atom. The van der Waals surface area contributed by atoms with E-state index >= 15 is 0 Å². The van der Waals surface area contributed by atoms with Gasteiger partial charge in [0.1, 0.15) is 27.1 Å². The van der Waals surface area contributed by atoms with Crippen molar-refractivity contribution in [3.8, 4) is 0 Å². The minimum atomic E-state index is -3.03. The molecule has 7 nitrogen and oxygen atoms in total. The first kappa shape index (κ1) is 14.0. The molecule has 0 spiro atoms. The van der Waals surface area contributed by atoms with Crippen LogP contribution in [0.2, 0.25) is 5.15 Å². The molecular weight excluding hydrogens is 290 g/mol. The number of hydrogen-bond acceptors (Lipinski definition) is 6. The van der Waals surface area contributed by atoms with Gasteiger partial charge in [0.25, 0.3) is 5.78 Å². The van der Waals surface area contributed by atoms with Crippen molar-refractivity contribution in [3.63, 3.8) is 0 Å². The Bertz CT molecular complexity index is 712. The molecule has 0 N–H and O–H groups in total. The van der Waals surface area contributed by atoms with Crippen LogP contribution in [0.5, 0.6) is 0 Å². The van der Waals surface area contributed by atoms with E-state index < -0.39 is 9.84 Å². The predicted molar refractivity (Wildman–Crippen MR) is 73.5 cm³/mol. The summed E-state index contributed by atoms with van der Waals surface area (Å²) in [6.07, 6.45) is 2.59. The molecular formula is C10H14ClN5O2S. The Labute approximate surface area is 116 Å². The van der Waals surface area contributed by atoms with Gasteiger partial charge in [-0.15, -0.1) is 0 Å². The molecule has 0 bridgehead atoms. The van der Waals surface area contributed by atoms with Crippen molar-refractivity contribution >= 4 is 33.0 Å². The van der Waals surface area contributed by atoms with Gasteiger partial charge in [-0.2, -0.15) is 19.6 Å². The molecule has 9 heteroatoms. The number of fused-ring (bicyclic) bond motifs is 1. The maximum atomic E-state index is 11.2. The van der Waals surface area contributed by atoms with E-state index in [1.165, 1.54) is 12.6 Å². The number of nitrogens with zero attached hydrogens (tertiary/aromatic N) is 5. The van der Waals surface area contributed by atoms with E-state index in [1.54, 1.807) is 16.5 Å². The summed E-state index contributed by atoms with van der Waals surface area (Å²) in [5, 5.41) is 4.41. The Morgan fingerprint density at radius 3 is 2.79 bits per heavy atom. The van der Waals surface area contributed by atoms with E-state index in [-0.39, 0.29) is 5.75 Å². The van der Waals surface area contributed by atoms with Crippen LogP contribution in [0.1, 0.15) is 5.56 Å². The van der Waals surface area contributed by atoms with Gasteiger partial charge in [0.2, 0.25) is 0 Å². The van der Waals surface area contributed by atoms with Gasteiger partial charge in [-0.05, 0) is 6.92 Å². The predicted octanol–water partition coefficient (Wildman–Crippen LogP) is 0.567. The number of aromatic nitrogens is 4. The van der Waals surface area contributed by atoms with Gasteiger partial charge in [-0.1, -0.05) is 11.6 Å². The first-order chi connectivity index (χ1) is 8.79. The van der Waals surface area contributed by atoms with Crippen LogP contribution in [0.25, 0.3) is 5.78 Å². The summed E-state index contributed by atoms with van der Waals surface area (Å²) >= 11 is 6.05. The molecule has 2 aromatic heterocycles. The van der Waals surface area contributed by atoms with Crippen molar-refractivity contribution in [2.45, 2.75) is 6.92 Å². The van der Waals surface area contributed by atoms with Gasteiger partial charge in [-0.3, -0.25) is 0 Å². The molecule has 0 aliphatic heterocycles. The van der Waals surface area contributed by atoms with Crippen molar-refractivity contribution in [1.29, 1.82) is 0 Å². The number of halogens is 1. The van der Waals surface area contributed by atoms with Gasteiger partial charge in [0, 0.05) is 25.4 Å². The molecule has 19 heavy (non-hydrogen) atoms. The van der Waals surface area contributed by atoms with Crippen molar-refractivity contribution in [2.24, 2.45) is 0 Å². The SMILES string of the molecule is Cc1c(Cl)nc2ncnn2c1N(C)CCS(C)(=O)=O. The normalized spacial score (nSPS) is 12.0. The highest BCUT2D eigenvalue weighted by molar-refractivity contribution is 7.90. The highest BCUT2D eigenvalue weighted by Crippen LogP contribution is 2.24. The average Bonchev–Trinajstić information content (AvgIpc) is 2.74. The number of sulfone groups is 1. The molecule has 2 aromatic rings. The third-order valence-electron chi connectivity index (χ3n) is 2.73. The lowest BCUT2D eigenvalue weighted by molar-refractivity contribution is 0.600. The van der Waals surface area contributed by atoms with E-state index in [0.717, 1.165) is 5.56 Å². The zero-order valence-corrected chi connectivity index (χ0v) is 12.4. The first-order valence-corrected chi connectivity index (χ1v) is 7.98. The van der Waals surface area contributed by atoms with Crippen LogP contribution in [0, 0.1) is 6.92 Å². The van der Waals surface area contributed by atoms with Crippen LogP contribution in [-0.2, 0) is 9.84 Å². The van der Waals surface area contributed by atoms with Crippen molar-refractivity contribution in [1.82, 2.24) is 19.6 Å². The minimum absolute atomic E-state index is 0.0546. The Morgan fingerprint density at radius 1 is 1.47 bits per heavy atom. The van der Waals surface area contributed by atoms with E-state index in [9.17, 15) is 8.42 Å². The summed E-state index contributed by atoms with van der Waals surface area (Å²) in [5.41, 5.74) is 0.732. The summed E-state index contributed by atoms with van der Waals surface area (Å²) in [5.74, 6) is 1.13. The smallest absolute Gasteiger partial charge is 0.255 e. The largest absolute Gasteiger partial charge is 0.358 e. The maximum Gasteiger partial charge on any atom is 0.255 e.